The molecular weight excluding hydrogens is 280 g/mol. The van der Waals surface area contributed by atoms with Crippen molar-refractivity contribution in [2.75, 3.05) is 16.8 Å². The maximum atomic E-state index is 11.6. The molecule has 2 amide bonds. The minimum Gasteiger partial charge on any atom is -0.480 e. The van der Waals surface area contributed by atoms with E-state index in [0.717, 1.165) is 5.69 Å². The van der Waals surface area contributed by atoms with Crippen LogP contribution in [0.5, 0.6) is 0 Å². The molecule has 1 aromatic rings. The van der Waals surface area contributed by atoms with Crippen LogP contribution >= 0.6 is 11.8 Å². The maximum Gasteiger partial charge on any atom is 0.326 e. The molecule has 3 N–H and O–H groups in total. The molecule has 0 aromatic heterocycles. The number of carbonyl (C=O) groups is 3. The Labute approximate surface area is 120 Å². The average molecular weight is 296 g/mol. The van der Waals surface area contributed by atoms with Crippen molar-refractivity contribution in [1.29, 1.82) is 0 Å². The zero-order valence-corrected chi connectivity index (χ0v) is 11.6. The van der Waals surface area contributed by atoms with Gasteiger partial charge in [0.15, 0.2) is 0 Å². The number of anilines is 1. The Balaban J connectivity index is 2.22. The van der Waals surface area contributed by atoms with E-state index in [1.165, 1.54) is 11.8 Å². The molecule has 1 rings (SSSR count). The molecule has 1 atom stereocenters. The molecule has 108 valence electrons. The lowest BCUT2D eigenvalue weighted by Crippen LogP contribution is -2.36. The second-order valence-corrected chi connectivity index (χ2v) is 5.04. The third-order valence-corrected chi connectivity index (χ3v) is 3.40. The number of nitrogens with one attached hydrogen (secondary N) is 2. The van der Waals surface area contributed by atoms with E-state index in [0.29, 0.717) is 12.2 Å². The molecule has 0 heterocycles. The SMILES string of the molecule is O=CNC(CCSCC(=O)Nc1ccccc1)C(=O)O. The number of rotatable bonds is 9. The summed E-state index contributed by atoms with van der Waals surface area (Å²) < 4.78 is 0. The molecule has 7 heteroatoms. The van der Waals surface area contributed by atoms with Gasteiger partial charge in [-0.3, -0.25) is 9.59 Å². The van der Waals surface area contributed by atoms with Crippen LogP contribution in [0.15, 0.2) is 30.3 Å². The van der Waals surface area contributed by atoms with E-state index in [2.05, 4.69) is 10.6 Å². The lowest BCUT2D eigenvalue weighted by Gasteiger charge is -2.10. The van der Waals surface area contributed by atoms with Crippen LogP contribution in [-0.4, -0.2) is 40.9 Å². The van der Waals surface area contributed by atoms with Gasteiger partial charge in [0.2, 0.25) is 12.3 Å². The van der Waals surface area contributed by atoms with Crippen molar-refractivity contribution in [2.45, 2.75) is 12.5 Å². The summed E-state index contributed by atoms with van der Waals surface area (Å²) in [5.74, 6) is -0.509. The van der Waals surface area contributed by atoms with Crippen LogP contribution in [0.3, 0.4) is 0 Å². The van der Waals surface area contributed by atoms with Crippen LogP contribution in [0.25, 0.3) is 0 Å². The molecule has 0 spiro atoms. The highest BCUT2D eigenvalue weighted by Gasteiger charge is 2.15. The number of hydrogen-bond acceptors (Lipinski definition) is 4. The van der Waals surface area contributed by atoms with E-state index in [1.54, 1.807) is 12.1 Å². The minimum absolute atomic E-state index is 0.142. The van der Waals surface area contributed by atoms with Crippen LogP contribution in [0.1, 0.15) is 6.42 Å². The third kappa shape index (κ3) is 6.24. The monoisotopic (exact) mass is 296 g/mol. The number of para-hydroxylation sites is 1. The molecule has 0 fully saturated rings. The number of amides is 2. The summed E-state index contributed by atoms with van der Waals surface area (Å²) in [5.41, 5.74) is 0.726. The first kappa shape index (κ1) is 16.0. The number of carboxylic acids is 1. The lowest BCUT2D eigenvalue weighted by atomic mass is 10.2. The van der Waals surface area contributed by atoms with Gasteiger partial charge in [0.05, 0.1) is 5.75 Å². The molecule has 0 aliphatic heterocycles. The van der Waals surface area contributed by atoms with Crippen molar-refractivity contribution in [3.63, 3.8) is 0 Å². The quantitative estimate of drug-likeness (QED) is 0.466. The topological polar surface area (TPSA) is 95.5 Å². The summed E-state index contributed by atoms with van der Waals surface area (Å²) in [6.45, 7) is 0. The van der Waals surface area contributed by atoms with Crippen molar-refractivity contribution in [2.24, 2.45) is 0 Å². The number of carboxylic acid groups (broad SMARTS) is 1. The highest BCUT2D eigenvalue weighted by molar-refractivity contribution is 7.99. The van der Waals surface area contributed by atoms with Gasteiger partial charge in [-0.25, -0.2) is 4.79 Å². The summed E-state index contributed by atoms with van der Waals surface area (Å²) in [7, 11) is 0. The first-order valence-corrected chi connectivity index (χ1v) is 7.14. The summed E-state index contributed by atoms with van der Waals surface area (Å²) in [5, 5.41) is 13.7. The lowest BCUT2D eigenvalue weighted by molar-refractivity contribution is -0.140. The second kappa shape index (κ2) is 8.98. The molecule has 0 saturated heterocycles. The summed E-state index contributed by atoms with van der Waals surface area (Å²) in [6.07, 6.45) is 0.642. The van der Waals surface area contributed by atoms with Gasteiger partial charge in [0.1, 0.15) is 6.04 Å². The second-order valence-electron chi connectivity index (χ2n) is 3.93. The van der Waals surface area contributed by atoms with E-state index in [-0.39, 0.29) is 18.1 Å². The van der Waals surface area contributed by atoms with E-state index in [1.807, 2.05) is 18.2 Å². The fourth-order valence-electron chi connectivity index (χ4n) is 1.44. The molecule has 0 aliphatic carbocycles. The smallest absolute Gasteiger partial charge is 0.326 e. The number of benzene rings is 1. The van der Waals surface area contributed by atoms with Gasteiger partial charge in [0, 0.05) is 5.69 Å². The summed E-state index contributed by atoms with van der Waals surface area (Å²) in [6, 6.07) is 8.18. The average Bonchev–Trinajstić information content (AvgIpc) is 2.43. The molecule has 0 aliphatic rings. The van der Waals surface area contributed by atoms with Gasteiger partial charge in [-0.05, 0) is 24.3 Å². The van der Waals surface area contributed by atoms with Gasteiger partial charge in [0.25, 0.3) is 0 Å². The molecular formula is C13H16N2O4S. The summed E-state index contributed by atoms with van der Waals surface area (Å²) >= 11 is 1.32. The normalized spacial score (nSPS) is 11.4. The number of aliphatic carboxylic acids is 1. The largest absolute Gasteiger partial charge is 0.480 e. The van der Waals surface area contributed by atoms with Crippen LogP contribution in [-0.2, 0) is 14.4 Å². The highest BCUT2D eigenvalue weighted by atomic mass is 32.2. The molecule has 1 aromatic carbocycles. The number of thioether (sulfide) groups is 1. The van der Waals surface area contributed by atoms with Gasteiger partial charge >= 0.3 is 5.97 Å². The number of hydrogen-bond donors (Lipinski definition) is 3. The molecule has 1 unspecified atom stereocenters. The van der Waals surface area contributed by atoms with Crippen molar-refractivity contribution in [3.05, 3.63) is 30.3 Å². The molecule has 6 nitrogen and oxygen atoms in total. The first-order valence-electron chi connectivity index (χ1n) is 5.98. The predicted molar refractivity (Wildman–Crippen MR) is 77.6 cm³/mol. The molecule has 0 bridgehead atoms. The van der Waals surface area contributed by atoms with Crippen molar-refractivity contribution < 1.29 is 19.5 Å². The van der Waals surface area contributed by atoms with Gasteiger partial charge < -0.3 is 15.7 Å². The van der Waals surface area contributed by atoms with Gasteiger partial charge in [-0.1, -0.05) is 18.2 Å². The zero-order valence-electron chi connectivity index (χ0n) is 10.7. The Hall–Kier alpha value is -2.02. The molecule has 0 saturated carbocycles. The van der Waals surface area contributed by atoms with Crippen molar-refractivity contribution in [1.82, 2.24) is 5.32 Å². The summed E-state index contributed by atoms with van der Waals surface area (Å²) in [4.78, 5) is 32.6. The van der Waals surface area contributed by atoms with Crippen molar-refractivity contribution >= 4 is 35.7 Å². The van der Waals surface area contributed by atoms with Gasteiger partial charge in [-0.2, -0.15) is 11.8 Å². The standard InChI is InChI=1S/C13H16N2O4S/c16-9-14-11(13(18)19)6-7-20-8-12(17)15-10-4-2-1-3-5-10/h1-5,9,11H,6-8H2,(H,14,16)(H,15,17)(H,18,19). The Morgan fingerprint density at radius 2 is 2.00 bits per heavy atom. The molecule has 20 heavy (non-hydrogen) atoms. The van der Waals surface area contributed by atoms with E-state index >= 15 is 0 Å². The Morgan fingerprint density at radius 1 is 1.30 bits per heavy atom. The van der Waals surface area contributed by atoms with Crippen LogP contribution < -0.4 is 10.6 Å². The fourth-order valence-corrected chi connectivity index (χ4v) is 2.25. The minimum atomic E-state index is -1.08. The van der Waals surface area contributed by atoms with Gasteiger partial charge in [-0.15, -0.1) is 0 Å². The van der Waals surface area contributed by atoms with E-state index in [4.69, 9.17) is 5.11 Å². The first-order chi connectivity index (χ1) is 9.63. The van der Waals surface area contributed by atoms with Crippen LogP contribution in [0, 0.1) is 0 Å². The van der Waals surface area contributed by atoms with Crippen LogP contribution in [0.4, 0.5) is 5.69 Å². The van der Waals surface area contributed by atoms with E-state index in [9.17, 15) is 14.4 Å². The van der Waals surface area contributed by atoms with Crippen LogP contribution in [0.2, 0.25) is 0 Å². The Bertz CT molecular complexity index is 453. The Morgan fingerprint density at radius 3 is 2.60 bits per heavy atom. The Kier molecular flexibility index (Phi) is 7.20. The van der Waals surface area contributed by atoms with E-state index < -0.39 is 12.0 Å². The molecule has 0 radical (unpaired) electrons. The third-order valence-electron chi connectivity index (χ3n) is 2.41. The fraction of sp³-hybridized carbons (Fsp3) is 0.308. The zero-order chi connectivity index (χ0) is 14.8. The van der Waals surface area contributed by atoms with Crippen molar-refractivity contribution in [3.8, 4) is 0 Å². The number of carbonyl (C=O) groups excluding carboxylic acids is 2. The highest BCUT2D eigenvalue weighted by Crippen LogP contribution is 2.09. The maximum absolute atomic E-state index is 11.6. The predicted octanol–water partition coefficient (Wildman–Crippen LogP) is 0.948.